The number of carbonyl (C=O) groups is 1. The Morgan fingerprint density at radius 2 is 2.00 bits per heavy atom. The number of carbonyl (C=O) groups excluding carboxylic acids is 1. The zero-order chi connectivity index (χ0) is 18.4. The van der Waals surface area contributed by atoms with Gasteiger partial charge in [0.15, 0.2) is 0 Å². The first kappa shape index (κ1) is 17.8. The number of hydrogen-bond acceptors (Lipinski definition) is 4. The van der Waals surface area contributed by atoms with E-state index in [0.29, 0.717) is 23.1 Å². The molecule has 2 aromatic heterocycles. The van der Waals surface area contributed by atoms with E-state index >= 15 is 0 Å². The average Bonchev–Trinajstić information content (AvgIpc) is 2.67. The van der Waals surface area contributed by atoms with Crippen molar-refractivity contribution in [3.05, 3.63) is 70.5 Å². The van der Waals surface area contributed by atoms with Gasteiger partial charge >= 0.3 is 0 Å². The van der Waals surface area contributed by atoms with Crippen LogP contribution in [-0.4, -0.2) is 20.9 Å². The van der Waals surface area contributed by atoms with Crippen LogP contribution in [0.5, 0.6) is 0 Å². The fourth-order valence-electron chi connectivity index (χ4n) is 2.92. The van der Waals surface area contributed by atoms with Crippen molar-refractivity contribution in [2.75, 3.05) is 0 Å². The largest absolute Gasteiger partial charge is 0.348 e. The second-order valence-corrected chi connectivity index (χ2v) is 6.19. The summed E-state index contributed by atoms with van der Waals surface area (Å²) in [6.45, 7) is 2.08. The van der Waals surface area contributed by atoms with Crippen molar-refractivity contribution < 1.29 is 4.79 Å². The van der Waals surface area contributed by atoms with Gasteiger partial charge in [-0.1, -0.05) is 31.5 Å². The molecule has 0 radical (unpaired) electrons. The number of aromatic amines is 1. The van der Waals surface area contributed by atoms with Crippen LogP contribution >= 0.6 is 0 Å². The van der Waals surface area contributed by atoms with Gasteiger partial charge < -0.3 is 10.3 Å². The van der Waals surface area contributed by atoms with Crippen molar-refractivity contribution in [1.82, 2.24) is 20.3 Å². The van der Waals surface area contributed by atoms with Gasteiger partial charge in [-0.25, -0.2) is 4.98 Å². The summed E-state index contributed by atoms with van der Waals surface area (Å²) >= 11 is 0. The molecule has 1 unspecified atom stereocenters. The first-order valence-electron chi connectivity index (χ1n) is 8.85. The van der Waals surface area contributed by atoms with Crippen molar-refractivity contribution in [1.29, 1.82) is 0 Å². The van der Waals surface area contributed by atoms with Crippen molar-refractivity contribution in [2.45, 2.75) is 38.6 Å². The van der Waals surface area contributed by atoms with E-state index in [2.05, 4.69) is 27.2 Å². The number of para-hydroxylation sites is 1. The Labute approximate surface area is 151 Å². The Hall–Kier alpha value is -3.02. The van der Waals surface area contributed by atoms with E-state index in [9.17, 15) is 9.59 Å². The fourth-order valence-corrected chi connectivity index (χ4v) is 2.92. The summed E-state index contributed by atoms with van der Waals surface area (Å²) in [5.74, 6) is 0.443. The van der Waals surface area contributed by atoms with E-state index in [1.165, 1.54) is 0 Å². The number of rotatable bonds is 7. The standard InChI is InChI=1S/C20H22N4O2/c1-2-7-17(16-10-5-6-13-21-16)23-19(25)12-11-18-22-15-9-4-3-8-14(15)20(26)24-18/h3-6,8-10,13,17H,2,7,11-12H2,1H3,(H,23,25)(H,22,24,26). The smallest absolute Gasteiger partial charge is 0.258 e. The third-order valence-electron chi connectivity index (χ3n) is 4.21. The number of amides is 1. The number of aryl methyl sites for hydroxylation is 1. The van der Waals surface area contributed by atoms with Crippen LogP contribution in [-0.2, 0) is 11.2 Å². The summed E-state index contributed by atoms with van der Waals surface area (Å²) in [6, 6.07) is 12.8. The Morgan fingerprint density at radius 3 is 2.77 bits per heavy atom. The molecule has 0 spiro atoms. The fraction of sp³-hybridized carbons (Fsp3) is 0.300. The van der Waals surface area contributed by atoms with Gasteiger partial charge in [-0.15, -0.1) is 0 Å². The predicted octanol–water partition coefficient (Wildman–Crippen LogP) is 2.91. The lowest BCUT2D eigenvalue weighted by atomic mass is 10.1. The molecule has 0 aliphatic carbocycles. The Kier molecular flexibility index (Phi) is 5.73. The highest BCUT2D eigenvalue weighted by Crippen LogP contribution is 2.16. The Balaban J connectivity index is 1.65. The molecule has 0 aliphatic rings. The van der Waals surface area contributed by atoms with E-state index in [0.717, 1.165) is 18.5 Å². The third kappa shape index (κ3) is 4.33. The minimum absolute atomic E-state index is 0.0788. The molecule has 134 valence electrons. The molecule has 6 nitrogen and oxygen atoms in total. The Morgan fingerprint density at radius 1 is 1.19 bits per heavy atom. The topological polar surface area (TPSA) is 87.7 Å². The van der Waals surface area contributed by atoms with Gasteiger partial charge in [0.2, 0.25) is 5.91 Å². The van der Waals surface area contributed by atoms with Gasteiger partial charge in [-0.3, -0.25) is 14.6 Å². The summed E-state index contributed by atoms with van der Waals surface area (Å²) in [7, 11) is 0. The first-order chi connectivity index (χ1) is 12.7. The van der Waals surface area contributed by atoms with Crippen LogP contribution in [0.3, 0.4) is 0 Å². The second kappa shape index (κ2) is 8.38. The molecule has 0 aliphatic heterocycles. The molecule has 0 bridgehead atoms. The average molecular weight is 350 g/mol. The minimum Gasteiger partial charge on any atom is -0.348 e. The van der Waals surface area contributed by atoms with Crippen LogP contribution in [0.15, 0.2) is 53.5 Å². The molecule has 1 atom stereocenters. The normalized spacial score (nSPS) is 12.0. The second-order valence-electron chi connectivity index (χ2n) is 6.19. The van der Waals surface area contributed by atoms with Crippen LogP contribution < -0.4 is 10.9 Å². The van der Waals surface area contributed by atoms with Gasteiger partial charge in [0.05, 0.1) is 22.6 Å². The molecular formula is C20H22N4O2. The molecule has 0 fully saturated rings. The molecule has 1 aromatic carbocycles. The number of fused-ring (bicyclic) bond motifs is 1. The van der Waals surface area contributed by atoms with Gasteiger partial charge in [-0.2, -0.15) is 0 Å². The maximum atomic E-state index is 12.4. The SMILES string of the molecule is CCCC(NC(=O)CCc1nc2ccccc2c(=O)[nH]1)c1ccccn1. The number of H-pyrrole nitrogens is 1. The monoisotopic (exact) mass is 350 g/mol. The molecule has 26 heavy (non-hydrogen) atoms. The quantitative estimate of drug-likeness (QED) is 0.686. The molecular weight excluding hydrogens is 328 g/mol. The molecule has 1 amide bonds. The van der Waals surface area contributed by atoms with E-state index in [1.807, 2.05) is 24.3 Å². The van der Waals surface area contributed by atoms with E-state index in [-0.39, 0.29) is 23.9 Å². The predicted molar refractivity (Wildman–Crippen MR) is 101 cm³/mol. The van der Waals surface area contributed by atoms with Crippen molar-refractivity contribution in [3.8, 4) is 0 Å². The lowest BCUT2D eigenvalue weighted by molar-refractivity contribution is -0.121. The Bertz CT molecular complexity index is 937. The highest BCUT2D eigenvalue weighted by Gasteiger charge is 2.15. The van der Waals surface area contributed by atoms with Crippen LogP contribution in [0.25, 0.3) is 10.9 Å². The highest BCUT2D eigenvalue weighted by molar-refractivity contribution is 5.78. The van der Waals surface area contributed by atoms with Crippen LogP contribution in [0.1, 0.15) is 43.7 Å². The number of nitrogens with zero attached hydrogens (tertiary/aromatic N) is 2. The minimum atomic E-state index is -0.177. The molecule has 0 saturated heterocycles. The molecule has 2 N–H and O–H groups in total. The van der Waals surface area contributed by atoms with Crippen molar-refractivity contribution >= 4 is 16.8 Å². The molecule has 3 aromatic rings. The summed E-state index contributed by atoms with van der Waals surface area (Å²) in [6.07, 6.45) is 4.14. The lowest BCUT2D eigenvalue weighted by Crippen LogP contribution is -2.29. The maximum absolute atomic E-state index is 12.4. The molecule has 0 saturated carbocycles. The maximum Gasteiger partial charge on any atom is 0.258 e. The van der Waals surface area contributed by atoms with Crippen LogP contribution in [0, 0.1) is 0 Å². The first-order valence-corrected chi connectivity index (χ1v) is 8.85. The van der Waals surface area contributed by atoms with E-state index in [4.69, 9.17) is 0 Å². The zero-order valence-corrected chi connectivity index (χ0v) is 14.7. The van der Waals surface area contributed by atoms with E-state index in [1.54, 1.807) is 24.4 Å². The third-order valence-corrected chi connectivity index (χ3v) is 4.21. The van der Waals surface area contributed by atoms with Crippen molar-refractivity contribution in [2.24, 2.45) is 0 Å². The zero-order valence-electron chi connectivity index (χ0n) is 14.7. The summed E-state index contributed by atoms with van der Waals surface area (Å²) in [5.41, 5.74) is 1.33. The van der Waals surface area contributed by atoms with Gasteiger partial charge in [-0.05, 0) is 30.7 Å². The number of hydrogen-bond donors (Lipinski definition) is 2. The van der Waals surface area contributed by atoms with Gasteiger partial charge in [0.25, 0.3) is 5.56 Å². The summed E-state index contributed by atoms with van der Waals surface area (Å²) < 4.78 is 0. The van der Waals surface area contributed by atoms with E-state index < -0.39 is 0 Å². The number of benzene rings is 1. The summed E-state index contributed by atoms with van der Waals surface area (Å²) in [5, 5.41) is 3.59. The molecule has 2 heterocycles. The number of pyridine rings is 1. The van der Waals surface area contributed by atoms with Crippen LogP contribution in [0.2, 0.25) is 0 Å². The summed E-state index contributed by atoms with van der Waals surface area (Å²) in [4.78, 5) is 36.0. The molecule has 6 heteroatoms. The lowest BCUT2D eigenvalue weighted by Gasteiger charge is -2.17. The van der Waals surface area contributed by atoms with Crippen LogP contribution in [0.4, 0.5) is 0 Å². The number of aromatic nitrogens is 3. The van der Waals surface area contributed by atoms with Gasteiger partial charge in [0.1, 0.15) is 5.82 Å². The molecule has 3 rings (SSSR count). The highest BCUT2D eigenvalue weighted by atomic mass is 16.1. The van der Waals surface area contributed by atoms with Gasteiger partial charge in [0, 0.05) is 19.0 Å². The number of nitrogens with one attached hydrogen (secondary N) is 2. The van der Waals surface area contributed by atoms with Crippen molar-refractivity contribution in [3.63, 3.8) is 0 Å².